The number of ether oxygens (including phenoxy) is 2. The van der Waals surface area contributed by atoms with Crippen LogP contribution in [0.5, 0.6) is 11.5 Å². The molecule has 3 heterocycles. The maximum absolute atomic E-state index is 6.41. The van der Waals surface area contributed by atoms with Crippen LogP contribution in [0.2, 0.25) is 0 Å². The third-order valence-electron chi connectivity index (χ3n) is 4.87. The molecule has 0 aliphatic carbocycles. The first-order chi connectivity index (χ1) is 12.3. The van der Waals surface area contributed by atoms with Gasteiger partial charge >= 0.3 is 0 Å². The summed E-state index contributed by atoms with van der Waals surface area (Å²) < 4.78 is 10.8. The van der Waals surface area contributed by atoms with E-state index < -0.39 is 0 Å². The minimum absolute atomic E-state index is 0.256. The summed E-state index contributed by atoms with van der Waals surface area (Å²) in [4.78, 5) is 11.1. The standard InChI is InChI=1S/C18H23N5O2/c1-2-13-5-3-4-8-23(13)18-16(19)17(20-10-21-18)22-12-6-7-14-15(9-12)25-11-24-14/h6-7,9-10,13H,2-5,8,11,19H2,1H3,(H,20,21,22). The molecule has 0 amide bonds. The summed E-state index contributed by atoms with van der Waals surface area (Å²) in [5.74, 6) is 2.91. The smallest absolute Gasteiger partial charge is 0.231 e. The third kappa shape index (κ3) is 3.01. The van der Waals surface area contributed by atoms with E-state index in [0.717, 1.165) is 36.0 Å². The molecule has 7 heteroatoms. The molecule has 7 nitrogen and oxygen atoms in total. The number of nitrogen functional groups attached to an aromatic ring is 1. The summed E-state index contributed by atoms with van der Waals surface area (Å²) in [6.45, 7) is 3.46. The van der Waals surface area contributed by atoms with Gasteiger partial charge in [0, 0.05) is 24.3 Å². The van der Waals surface area contributed by atoms with Crippen LogP contribution in [0, 0.1) is 0 Å². The van der Waals surface area contributed by atoms with Crippen LogP contribution in [0.15, 0.2) is 24.5 Å². The van der Waals surface area contributed by atoms with Crippen molar-refractivity contribution in [1.82, 2.24) is 9.97 Å². The number of anilines is 4. The maximum atomic E-state index is 6.41. The predicted octanol–water partition coefficient (Wildman–Crippen LogP) is 3.30. The highest BCUT2D eigenvalue weighted by atomic mass is 16.7. The molecule has 2 aliphatic heterocycles. The summed E-state index contributed by atoms with van der Waals surface area (Å²) >= 11 is 0. The Morgan fingerprint density at radius 3 is 3.00 bits per heavy atom. The molecule has 4 rings (SSSR count). The topological polar surface area (TPSA) is 85.5 Å². The molecule has 1 atom stereocenters. The van der Waals surface area contributed by atoms with Gasteiger partial charge in [0.25, 0.3) is 0 Å². The van der Waals surface area contributed by atoms with Crippen LogP contribution < -0.4 is 25.4 Å². The van der Waals surface area contributed by atoms with Crippen molar-refractivity contribution < 1.29 is 9.47 Å². The average molecular weight is 341 g/mol. The Kier molecular flexibility index (Phi) is 4.21. The number of fused-ring (bicyclic) bond motifs is 1. The SMILES string of the molecule is CCC1CCCCN1c1ncnc(Nc2ccc3c(c2)OCO3)c1N. The average Bonchev–Trinajstić information content (AvgIpc) is 3.11. The molecule has 1 aromatic heterocycles. The Labute approximate surface area is 147 Å². The highest BCUT2D eigenvalue weighted by molar-refractivity contribution is 5.79. The van der Waals surface area contributed by atoms with Gasteiger partial charge in [-0.25, -0.2) is 9.97 Å². The first-order valence-corrected chi connectivity index (χ1v) is 8.80. The number of hydrogen-bond acceptors (Lipinski definition) is 7. The fourth-order valence-corrected chi connectivity index (χ4v) is 3.53. The third-order valence-corrected chi connectivity index (χ3v) is 4.87. The van der Waals surface area contributed by atoms with Gasteiger partial charge in [-0.1, -0.05) is 6.92 Å². The molecule has 0 spiro atoms. The lowest BCUT2D eigenvalue weighted by Gasteiger charge is -2.36. The number of rotatable bonds is 4. The van der Waals surface area contributed by atoms with E-state index in [2.05, 4.69) is 27.1 Å². The summed E-state index contributed by atoms with van der Waals surface area (Å²) in [7, 11) is 0. The van der Waals surface area contributed by atoms with E-state index in [4.69, 9.17) is 15.2 Å². The van der Waals surface area contributed by atoms with E-state index in [1.807, 2.05) is 18.2 Å². The highest BCUT2D eigenvalue weighted by Gasteiger charge is 2.25. The Morgan fingerprint density at radius 1 is 1.24 bits per heavy atom. The molecule has 132 valence electrons. The van der Waals surface area contributed by atoms with E-state index in [0.29, 0.717) is 17.5 Å². The normalized spacial score (nSPS) is 19.1. The van der Waals surface area contributed by atoms with Gasteiger partial charge in [0.2, 0.25) is 6.79 Å². The molecule has 25 heavy (non-hydrogen) atoms. The monoisotopic (exact) mass is 341 g/mol. The number of piperidine rings is 1. The van der Waals surface area contributed by atoms with Gasteiger partial charge in [0.1, 0.15) is 12.0 Å². The van der Waals surface area contributed by atoms with Gasteiger partial charge < -0.3 is 25.4 Å². The summed E-state index contributed by atoms with van der Waals surface area (Å²) in [5, 5.41) is 3.28. The molecule has 1 aromatic carbocycles. The molecule has 0 bridgehead atoms. The van der Waals surface area contributed by atoms with E-state index in [1.54, 1.807) is 6.33 Å². The highest BCUT2D eigenvalue weighted by Crippen LogP contribution is 2.37. The minimum Gasteiger partial charge on any atom is -0.454 e. The summed E-state index contributed by atoms with van der Waals surface area (Å²) in [6.07, 6.45) is 6.29. The van der Waals surface area contributed by atoms with Gasteiger partial charge in [0.05, 0.1) is 0 Å². The van der Waals surface area contributed by atoms with E-state index >= 15 is 0 Å². The number of nitrogens with zero attached hydrogens (tertiary/aromatic N) is 3. The molecule has 1 fully saturated rings. The Balaban J connectivity index is 1.60. The zero-order chi connectivity index (χ0) is 17.2. The molecule has 3 N–H and O–H groups in total. The van der Waals surface area contributed by atoms with Gasteiger partial charge in [0.15, 0.2) is 23.1 Å². The van der Waals surface area contributed by atoms with Crippen LogP contribution in [0.25, 0.3) is 0 Å². The Morgan fingerprint density at radius 2 is 2.12 bits per heavy atom. The van der Waals surface area contributed by atoms with Crippen molar-refractivity contribution in [3.05, 3.63) is 24.5 Å². The van der Waals surface area contributed by atoms with Crippen LogP contribution >= 0.6 is 0 Å². The van der Waals surface area contributed by atoms with Crippen LogP contribution in [0.1, 0.15) is 32.6 Å². The van der Waals surface area contributed by atoms with Crippen molar-refractivity contribution >= 4 is 23.0 Å². The molecule has 1 unspecified atom stereocenters. The quantitative estimate of drug-likeness (QED) is 0.882. The van der Waals surface area contributed by atoms with E-state index in [-0.39, 0.29) is 6.79 Å². The lowest BCUT2D eigenvalue weighted by atomic mass is 10.00. The lowest BCUT2D eigenvalue weighted by molar-refractivity contribution is 0.174. The Bertz CT molecular complexity index is 767. The molecular weight excluding hydrogens is 318 g/mol. The van der Waals surface area contributed by atoms with Gasteiger partial charge in [-0.05, 0) is 37.8 Å². The number of hydrogen-bond donors (Lipinski definition) is 2. The second-order valence-electron chi connectivity index (χ2n) is 6.40. The first-order valence-electron chi connectivity index (χ1n) is 8.80. The molecule has 1 saturated heterocycles. The lowest BCUT2D eigenvalue weighted by Crippen LogP contribution is -2.40. The fourth-order valence-electron chi connectivity index (χ4n) is 3.53. The zero-order valence-corrected chi connectivity index (χ0v) is 14.4. The van der Waals surface area contributed by atoms with Gasteiger partial charge in [-0.3, -0.25) is 0 Å². The number of nitrogens with two attached hydrogens (primary N) is 1. The van der Waals surface area contributed by atoms with Crippen molar-refractivity contribution in [3.8, 4) is 11.5 Å². The fraction of sp³-hybridized carbons (Fsp3) is 0.444. The first kappa shape index (κ1) is 15.8. The number of benzene rings is 1. The largest absolute Gasteiger partial charge is 0.454 e. The minimum atomic E-state index is 0.256. The maximum Gasteiger partial charge on any atom is 0.231 e. The molecule has 0 saturated carbocycles. The van der Waals surface area contributed by atoms with Crippen LogP contribution in [0.4, 0.5) is 23.0 Å². The van der Waals surface area contributed by atoms with Gasteiger partial charge in [-0.2, -0.15) is 0 Å². The predicted molar refractivity (Wildman–Crippen MR) is 97.6 cm³/mol. The zero-order valence-electron chi connectivity index (χ0n) is 14.4. The molecule has 2 aromatic rings. The van der Waals surface area contributed by atoms with Crippen molar-refractivity contribution in [1.29, 1.82) is 0 Å². The molecule has 0 radical (unpaired) electrons. The second kappa shape index (κ2) is 6.66. The van der Waals surface area contributed by atoms with Crippen molar-refractivity contribution in [2.75, 3.05) is 29.3 Å². The van der Waals surface area contributed by atoms with Crippen LogP contribution in [-0.4, -0.2) is 29.3 Å². The van der Waals surface area contributed by atoms with Gasteiger partial charge in [-0.15, -0.1) is 0 Å². The van der Waals surface area contributed by atoms with E-state index in [1.165, 1.54) is 19.3 Å². The number of aromatic nitrogens is 2. The van der Waals surface area contributed by atoms with Crippen molar-refractivity contribution in [2.24, 2.45) is 0 Å². The number of nitrogens with one attached hydrogen (secondary N) is 1. The molecular formula is C18H23N5O2. The van der Waals surface area contributed by atoms with Crippen LogP contribution in [-0.2, 0) is 0 Å². The summed E-state index contributed by atoms with van der Waals surface area (Å²) in [5.41, 5.74) is 7.84. The summed E-state index contributed by atoms with van der Waals surface area (Å²) in [6, 6.07) is 6.18. The van der Waals surface area contributed by atoms with Crippen molar-refractivity contribution in [2.45, 2.75) is 38.6 Å². The van der Waals surface area contributed by atoms with Crippen LogP contribution in [0.3, 0.4) is 0 Å². The van der Waals surface area contributed by atoms with Crippen molar-refractivity contribution in [3.63, 3.8) is 0 Å². The Hall–Kier alpha value is -2.70. The van der Waals surface area contributed by atoms with E-state index in [9.17, 15) is 0 Å². The second-order valence-corrected chi connectivity index (χ2v) is 6.40. The molecule has 2 aliphatic rings.